The van der Waals surface area contributed by atoms with E-state index in [1.807, 2.05) is 4.90 Å². The number of methoxy groups -OCH3 is 1. The van der Waals surface area contributed by atoms with E-state index in [9.17, 15) is 14.3 Å². The van der Waals surface area contributed by atoms with Crippen molar-refractivity contribution < 1.29 is 23.8 Å². The van der Waals surface area contributed by atoms with E-state index in [-0.39, 0.29) is 36.1 Å². The Balaban J connectivity index is 1.71. The quantitative estimate of drug-likeness (QED) is 0.910. The van der Waals surface area contributed by atoms with E-state index in [0.29, 0.717) is 25.3 Å². The summed E-state index contributed by atoms with van der Waals surface area (Å²) in [6.07, 6.45) is 2.45. The van der Waals surface area contributed by atoms with Crippen molar-refractivity contribution >= 4 is 5.91 Å². The van der Waals surface area contributed by atoms with E-state index in [0.717, 1.165) is 19.3 Å². The van der Waals surface area contributed by atoms with Gasteiger partial charge in [0.2, 0.25) is 5.91 Å². The highest BCUT2D eigenvalue weighted by molar-refractivity contribution is 5.79. The minimum Gasteiger partial charge on any atom is -0.494 e. The number of hydrogen-bond acceptors (Lipinski definition) is 4. The molecule has 6 heteroatoms. The predicted octanol–water partition coefficient (Wildman–Crippen LogP) is 1.77. The van der Waals surface area contributed by atoms with Crippen LogP contribution in [0.25, 0.3) is 0 Å². The van der Waals surface area contributed by atoms with Gasteiger partial charge in [-0.25, -0.2) is 4.39 Å². The van der Waals surface area contributed by atoms with Crippen molar-refractivity contribution in [1.82, 2.24) is 4.90 Å². The van der Waals surface area contributed by atoms with Crippen LogP contribution in [0.4, 0.5) is 4.39 Å². The average Bonchev–Trinajstić information content (AvgIpc) is 3.01. The molecular weight excluding hydrogens is 313 g/mol. The van der Waals surface area contributed by atoms with Crippen molar-refractivity contribution in [1.29, 1.82) is 0 Å². The SMILES string of the molecule is COc1ccc(CC(=O)N2CCOC[C@@H]2[C@H]2CCC[C@@H]2O)cc1F. The molecule has 1 N–H and O–H groups in total. The number of morpholine rings is 1. The smallest absolute Gasteiger partial charge is 0.227 e. The van der Waals surface area contributed by atoms with Gasteiger partial charge in [0.25, 0.3) is 0 Å². The molecule has 1 saturated heterocycles. The number of aliphatic hydroxyl groups is 1. The van der Waals surface area contributed by atoms with E-state index in [4.69, 9.17) is 9.47 Å². The fourth-order valence-electron chi connectivity index (χ4n) is 3.80. The van der Waals surface area contributed by atoms with E-state index >= 15 is 0 Å². The van der Waals surface area contributed by atoms with Crippen LogP contribution in [-0.2, 0) is 16.0 Å². The van der Waals surface area contributed by atoms with Crippen LogP contribution in [0.5, 0.6) is 5.75 Å². The molecule has 1 saturated carbocycles. The van der Waals surface area contributed by atoms with Crippen molar-refractivity contribution in [3.05, 3.63) is 29.6 Å². The number of ether oxygens (including phenoxy) is 2. The molecular formula is C18H24FNO4. The molecule has 2 fully saturated rings. The summed E-state index contributed by atoms with van der Waals surface area (Å²) < 4.78 is 24.3. The molecule has 0 radical (unpaired) electrons. The number of hydrogen-bond donors (Lipinski definition) is 1. The van der Waals surface area contributed by atoms with Crippen LogP contribution in [-0.4, -0.2) is 54.9 Å². The molecule has 0 bridgehead atoms. The van der Waals surface area contributed by atoms with Crippen molar-refractivity contribution in [2.45, 2.75) is 37.8 Å². The topological polar surface area (TPSA) is 59.0 Å². The van der Waals surface area contributed by atoms with Gasteiger partial charge in [0.15, 0.2) is 11.6 Å². The van der Waals surface area contributed by atoms with Gasteiger partial charge in [0.1, 0.15) is 0 Å². The fraction of sp³-hybridized carbons (Fsp3) is 0.611. The van der Waals surface area contributed by atoms with Gasteiger partial charge in [-0.3, -0.25) is 4.79 Å². The monoisotopic (exact) mass is 337 g/mol. The Kier molecular flexibility index (Phi) is 5.36. The third-order valence-electron chi connectivity index (χ3n) is 5.08. The zero-order valence-electron chi connectivity index (χ0n) is 13.9. The summed E-state index contributed by atoms with van der Waals surface area (Å²) in [5, 5.41) is 10.2. The van der Waals surface area contributed by atoms with Crippen LogP contribution in [0, 0.1) is 11.7 Å². The lowest BCUT2D eigenvalue weighted by atomic mass is 9.93. The normalized spacial score (nSPS) is 27.3. The number of carbonyl (C=O) groups is 1. The molecule has 24 heavy (non-hydrogen) atoms. The molecule has 3 atom stereocenters. The minimum absolute atomic E-state index is 0.0491. The zero-order chi connectivity index (χ0) is 17.1. The lowest BCUT2D eigenvalue weighted by Gasteiger charge is -2.40. The number of benzene rings is 1. The van der Waals surface area contributed by atoms with Crippen LogP contribution >= 0.6 is 0 Å². The maximum absolute atomic E-state index is 13.8. The summed E-state index contributed by atoms with van der Waals surface area (Å²) in [6.45, 7) is 1.48. The number of amides is 1. The summed E-state index contributed by atoms with van der Waals surface area (Å²) in [7, 11) is 1.41. The minimum atomic E-state index is -0.465. The second-order valence-corrected chi connectivity index (χ2v) is 6.54. The largest absolute Gasteiger partial charge is 0.494 e. The zero-order valence-corrected chi connectivity index (χ0v) is 13.9. The predicted molar refractivity (Wildman–Crippen MR) is 86.3 cm³/mol. The van der Waals surface area contributed by atoms with Crippen molar-refractivity contribution in [2.24, 2.45) is 5.92 Å². The fourth-order valence-corrected chi connectivity index (χ4v) is 3.80. The number of rotatable bonds is 4. The molecule has 132 valence electrons. The summed E-state index contributed by atoms with van der Waals surface area (Å²) in [5.74, 6) is -0.272. The standard InChI is InChI=1S/C18H24FNO4/c1-23-17-6-5-12(9-14(17)19)10-18(22)20-7-8-24-11-15(20)13-3-2-4-16(13)21/h5-6,9,13,15-16,21H,2-4,7-8,10-11H2,1H3/t13-,15-,16+/m1/s1. The highest BCUT2D eigenvalue weighted by atomic mass is 19.1. The molecule has 1 aliphatic carbocycles. The highest BCUT2D eigenvalue weighted by Crippen LogP contribution is 2.32. The number of nitrogens with zero attached hydrogens (tertiary/aromatic N) is 1. The highest BCUT2D eigenvalue weighted by Gasteiger charge is 2.39. The summed E-state index contributed by atoms with van der Waals surface area (Å²) in [4.78, 5) is 14.6. The molecule has 3 rings (SSSR count). The first-order valence-electron chi connectivity index (χ1n) is 8.48. The first kappa shape index (κ1) is 17.2. The maximum Gasteiger partial charge on any atom is 0.227 e. The molecule has 1 amide bonds. The van der Waals surface area contributed by atoms with Crippen LogP contribution in [0.15, 0.2) is 18.2 Å². The molecule has 1 heterocycles. The van der Waals surface area contributed by atoms with Gasteiger partial charge in [-0.2, -0.15) is 0 Å². The molecule has 1 aliphatic heterocycles. The van der Waals surface area contributed by atoms with E-state index < -0.39 is 5.82 Å². The molecule has 1 aromatic carbocycles. The van der Waals surface area contributed by atoms with Gasteiger partial charge in [-0.05, 0) is 30.5 Å². The van der Waals surface area contributed by atoms with Gasteiger partial charge in [0, 0.05) is 12.5 Å². The van der Waals surface area contributed by atoms with E-state index in [2.05, 4.69) is 0 Å². The Bertz CT molecular complexity index is 594. The number of halogens is 1. The van der Waals surface area contributed by atoms with Crippen LogP contribution in [0.1, 0.15) is 24.8 Å². The maximum atomic E-state index is 13.8. The summed E-state index contributed by atoms with van der Waals surface area (Å²) in [6, 6.07) is 4.50. The Hall–Kier alpha value is -1.66. The Morgan fingerprint density at radius 2 is 2.29 bits per heavy atom. The lowest BCUT2D eigenvalue weighted by Crippen LogP contribution is -2.54. The first-order valence-corrected chi connectivity index (χ1v) is 8.48. The average molecular weight is 337 g/mol. The summed E-state index contributed by atoms with van der Waals surface area (Å²) in [5.41, 5.74) is 0.621. The Morgan fingerprint density at radius 1 is 1.46 bits per heavy atom. The Morgan fingerprint density at radius 3 is 2.96 bits per heavy atom. The lowest BCUT2D eigenvalue weighted by molar-refractivity contribution is -0.143. The Labute approximate surface area is 141 Å². The van der Waals surface area contributed by atoms with Gasteiger partial charge in [-0.15, -0.1) is 0 Å². The van der Waals surface area contributed by atoms with Crippen LogP contribution in [0.2, 0.25) is 0 Å². The summed E-state index contributed by atoms with van der Waals surface area (Å²) >= 11 is 0. The van der Waals surface area contributed by atoms with Gasteiger partial charge in [0.05, 0.1) is 38.9 Å². The van der Waals surface area contributed by atoms with Crippen LogP contribution in [0.3, 0.4) is 0 Å². The number of aliphatic hydroxyl groups excluding tert-OH is 1. The van der Waals surface area contributed by atoms with Crippen LogP contribution < -0.4 is 4.74 Å². The van der Waals surface area contributed by atoms with Crippen molar-refractivity contribution in [3.63, 3.8) is 0 Å². The van der Waals surface area contributed by atoms with E-state index in [1.165, 1.54) is 19.2 Å². The second kappa shape index (κ2) is 7.49. The molecule has 5 nitrogen and oxygen atoms in total. The third kappa shape index (κ3) is 3.54. The molecule has 1 aromatic rings. The molecule has 2 aliphatic rings. The second-order valence-electron chi connectivity index (χ2n) is 6.54. The van der Waals surface area contributed by atoms with Gasteiger partial charge >= 0.3 is 0 Å². The van der Waals surface area contributed by atoms with Gasteiger partial charge < -0.3 is 19.5 Å². The third-order valence-corrected chi connectivity index (χ3v) is 5.08. The number of carbonyl (C=O) groups excluding carboxylic acids is 1. The van der Waals surface area contributed by atoms with Gasteiger partial charge in [-0.1, -0.05) is 12.5 Å². The first-order chi connectivity index (χ1) is 11.6. The van der Waals surface area contributed by atoms with E-state index in [1.54, 1.807) is 6.07 Å². The van der Waals surface area contributed by atoms with Crippen molar-refractivity contribution in [3.8, 4) is 5.75 Å². The molecule has 0 unspecified atom stereocenters. The van der Waals surface area contributed by atoms with Crippen molar-refractivity contribution in [2.75, 3.05) is 26.9 Å². The molecule has 0 aromatic heterocycles. The molecule has 0 spiro atoms.